The first-order valence-corrected chi connectivity index (χ1v) is 5.90. The first-order chi connectivity index (χ1) is 7.16. The van der Waals surface area contributed by atoms with Gasteiger partial charge in [0, 0.05) is 25.2 Å². The Morgan fingerprint density at radius 1 is 1.12 bits per heavy atom. The molecule has 2 rings (SSSR count). The Bertz CT molecular complexity index is 245. The molecule has 0 atom stereocenters. The fraction of sp³-hybridized carbons (Fsp3) is 0.909. The third-order valence-electron chi connectivity index (χ3n) is 3.63. The zero-order chi connectivity index (χ0) is 10.8. The first-order valence-electron chi connectivity index (χ1n) is 5.90. The van der Waals surface area contributed by atoms with E-state index < -0.39 is 0 Å². The second-order valence-electron chi connectivity index (χ2n) is 4.89. The number of piperazine rings is 1. The first kappa shape index (κ1) is 17.0. The van der Waals surface area contributed by atoms with Gasteiger partial charge in [-0.15, -0.1) is 24.8 Å². The highest BCUT2D eigenvalue weighted by molar-refractivity contribution is 5.85. The molecular formula is C11H23Cl2N3O. The lowest BCUT2D eigenvalue weighted by molar-refractivity contribution is -0.138. The molecule has 1 amide bonds. The van der Waals surface area contributed by atoms with Crippen LogP contribution in [0.2, 0.25) is 0 Å². The minimum Gasteiger partial charge on any atom is -0.337 e. The van der Waals surface area contributed by atoms with Crippen LogP contribution in [0.5, 0.6) is 0 Å². The molecule has 17 heavy (non-hydrogen) atoms. The molecular weight excluding hydrogens is 261 g/mol. The number of rotatable bonds is 1. The lowest BCUT2D eigenvalue weighted by Gasteiger charge is -2.40. The topological polar surface area (TPSA) is 49.6 Å². The van der Waals surface area contributed by atoms with Gasteiger partial charge in [0.1, 0.15) is 0 Å². The Hall–Kier alpha value is -0.0300. The standard InChI is InChI=1S/C11H21N3O.2ClH/c1-13-6-7-14(11(15)8-13)10-4-2-9(12)3-5-10;;/h9-10H,2-8,12H2,1H3;2*1H. The maximum absolute atomic E-state index is 11.8. The average Bonchev–Trinajstić information content (AvgIpc) is 2.20. The third-order valence-corrected chi connectivity index (χ3v) is 3.63. The van der Waals surface area contributed by atoms with Crippen LogP contribution < -0.4 is 5.73 Å². The second kappa shape index (κ2) is 7.41. The van der Waals surface area contributed by atoms with Gasteiger partial charge in [0.2, 0.25) is 5.91 Å². The predicted octanol–water partition coefficient (Wildman–Crippen LogP) is 0.874. The third kappa shape index (κ3) is 4.28. The zero-order valence-corrected chi connectivity index (χ0v) is 11.9. The summed E-state index contributed by atoms with van der Waals surface area (Å²) in [5.74, 6) is 0.296. The molecule has 1 heterocycles. The highest BCUT2D eigenvalue weighted by Crippen LogP contribution is 2.23. The molecule has 1 saturated heterocycles. The molecule has 2 aliphatic rings. The molecule has 0 aromatic rings. The number of nitrogens with two attached hydrogens (primary N) is 1. The van der Waals surface area contributed by atoms with Crippen molar-refractivity contribution in [2.45, 2.75) is 37.8 Å². The lowest BCUT2D eigenvalue weighted by Crippen LogP contribution is -2.54. The summed E-state index contributed by atoms with van der Waals surface area (Å²) in [6, 6.07) is 0.829. The summed E-state index contributed by atoms with van der Waals surface area (Å²) in [4.78, 5) is 16.0. The van der Waals surface area contributed by atoms with Crippen LogP contribution in [0.25, 0.3) is 0 Å². The molecule has 102 valence electrons. The Labute approximate surface area is 116 Å². The van der Waals surface area contributed by atoms with Crippen molar-refractivity contribution in [3.63, 3.8) is 0 Å². The van der Waals surface area contributed by atoms with Crippen LogP contribution in [0.15, 0.2) is 0 Å². The van der Waals surface area contributed by atoms with Crippen molar-refractivity contribution < 1.29 is 4.79 Å². The Kier molecular flexibility index (Phi) is 7.40. The van der Waals surface area contributed by atoms with E-state index in [1.165, 1.54) is 0 Å². The van der Waals surface area contributed by atoms with E-state index in [9.17, 15) is 4.79 Å². The van der Waals surface area contributed by atoms with Crippen LogP contribution >= 0.6 is 24.8 Å². The van der Waals surface area contributed by atoms with Crippen LogP contribution in [0.1, 0.15) is 25.7 Å². The summed E-state index contributed by atoms with van der Waals surface area (Å²) in [5.41, 5.74) is 5.87. The van der Waals surface area contributed by atoms with E-state index in [1.54, 1.807) is 0 Å². The number of halogens is 2. The van der Waals surface area contributed by atoms with Crippen molar-refractivity contribution in [1.29, 1.82) is 0 Å². The van der Waals surface area contributed by atoms with E-state index in [1.807, 2.05) is 7.05 Å². The van der Waals surface area contributed by atoms with E-state index in [-0.39, 0.29) is 24.8 Å². The molecule has 2 fully saturated rings. The molecule has 1 aliphatic carbocycles. The number of likely N-dealkylation sites (N-methyl/N-ethyl adjacent to an activating group) is 1. The number of hydrogen-bond donors (Lipinski definition) is 1. The van der Waals surface area contributed by atoms with Gasteiger partial charge in [0.25, 0.3) is 0 Å². The lowest BCUT2D eigenvalue weighted by atomic mass is 9.90. The summed E-state index contributed by atoms with van der Waals surface area (Å²) in [5, 5.41) is 0. The van der Waals surface area contributed by atoms with E-state index in [0.717, 1.165) is 38.8 Å². The van der Waals surface area contributed by atoms with Gasteiger partial charge in [0.05, 0.1) is 6.54 Å². The molecule has 0 unspecified atom stereocenters. The second-order valence-corrected chi connectivity index (χ2v) is 4.89. The van der Waals surface area contributed by atoms with E-state index in [0.29, 0.717) is 24.5 Å². The van der Waals surface area contributed by atoms with Crippen molar-refractivity contribution in [2.75, 3.05) is 26.7 Å². The summed E-state index contributed by atoms with van der Waals surface area (Å²) in [6.07, 6.45) is 4.34. The maximum atomic E-state index is 11.8. The van der Waals surface area contributed by atoms with Gasteiger partial charge < -0.3 is 10.6 Å². The summed E-state index contributed by atoms with van der Waals surface area (Å²) < 4.78 is 0. The van der Waals surface area contributed by atoms with Crippen molar-refractivity contribution >= 4 is 30.7 Å². The van der Waals surface area contributed by atoms with Gasteiger partial charge in [-0.25, -0.2) is 0 Å². The predicted molar refractivity (Wildman–Crippen MR) is 73.9 cm³/mol. The van der Waals surface area contributed by atoms with E-state index in [2.05, 4.69) is 9.80 Å². The molecule has 0 aromatic heterocycles. The van der Waals surface area contributed by atoms with Gasteiger partial charge in [0.15, 0.2) is 0 Å². The van der Waals surface area contributed by atoms with Gasteiger partial charge in [-0.3, -0.25) is 9.69 Å². The van der Waals surface area contributed by atoms with Gasteiger partial charge in [-0.1, -0.05) is 0 Å². The number of nitrogens with zero attached hydrogens (tertiary/aromatic N) is 2. The Balaban J connectivity index is 0.00000128. The number of hydrogen-bond acceptors (Lipinski definition) is 3. The van der Waals surface area contributed by atoms with Crippen LogP contribution in [0, 0.1) is 0 Å². The summed E-state index contributed by atoms with van der Waals surface area (Å²) >= 11 is 0. The molecule has 0 spiro atoms. The van der Waals surface area contributed by atoms with Crippen molar-refractivity contribution in [3.05, 3.63) is 0 Å². The zero-order valence-electron chi connectivity index (χ0n) is 10.3. The molecule has 0 radical (unpaired) electrons. The number of carbonyl (C=O) groups excluding carboxylic acids is 1. The summed E-state index contributed by atoms with van der Waals surface area (Å²) in [6.45, 7) is 2.49. The van der Waals surface area contributed by atoms with Crippen molar-refractivity contribution in [3.8, 4) is 0 Å². The molecule has 1 saturated carbocycles. The van der Waals surface area contributed by atoms with Gasteiger partial charge in [-0.2, -0.15) is 0 Å². The molecule has 0 bridgehead atoms. The molecule has 1 aliphatic heterocycles. The Morgan fingerprint density at radius 3 is 2.24 bits per heavy atom. The SMILES string of the molecule is CN1CCN(C2CCC(N)CC2)C(=O)C1.Cl.Cl. The number of amides is 1. The van der Waals surface area contributed by atoms with Crippen molar-refractivity contribution in [1.82, 2.24) is 9.80 Å². The quantitative estimate of drug-likeness (QED) is 0.777. The maximum Gasteiger partial charge on any atom is 0.237 e. The van der Waals surface area contributed by atoms with Crippen LogP contribution in [-0.2, 0) is 4.79 Å². The monoisotopic (exact) mass is 283 g/mol. The van der Waals surface area contributed by atoms with E-state index in [4.69, 9.17) is 5.73 Å². The summed E-state index contributed by atoms with van der Waals surface area (Å²) in [7, 11) is 2.01. The number of carbonyl (C=O) groups is 1. The largest absolute Gasteiger partial charge is 0.337 e. The highest BCUT2D eigenvalue weighted by Gasteiger charge is 2.30. The Morgan fingerprint density at radius 2 is 1.71 bits per heavy atom. The smallest absolute Gasteiger partial charge is 0.237 e. The fourth-order valence-electron chi connectivity index (χ4n) is 2.60. The minimum absolute atomic E-state index is 0. The van der Waals surface area contributed by atoms with E-state index >= 15 is 0 Å². The average molecular weight is 284 g/mol. The molecule has 0 aromatic carbocycles. The van der Waals surface area contributed by atoms with Crippen LogP contribution in [0.4, 0.5) is 0 Å². The van der Waals surface area contributed by atoms with Crippen LogP contribution in [-0.4, -0.2) is 54.5 Å². The van der Waals surface area contributed by atoms with Gasteiger partial charge in [-0.05, 0) is 32.7 Å². The fourth-order valence-corrected chi connectivity index (χ4v) is 2.60. The van der Waals surface area contributed by atoms with Gasteiger partial charge >= 0.3 is 0 Å². The highest BCUT2D eigenvalue weighted by atomic mass is 35.5. The molecule has 2 N–H and O–H groups in total. The normalized spacial score (nSPS) is 30.5. The molecule has 6 heteroatoms. The molecule has 4 nitrogen and oxygen atoms in total. The minimum atomic E-state index is 0. The van der Waals surface area contributed by atoms with Crippen LogP contribution in [0.3, 0.4) is 0 Å². The van der Waals surface area contributed by atoms with Crippen molar-refractivity contribution in [2.24, 2.45) is 5.73 Å².